The summed E-state index contributed by atoms with van der Waals surface area (Å²) in [4.78, 5) is 13.3. The molecule has 2 aliphatic rings. The number of esters is 1. The highest BCUT2D eigenvalue weighted by atomic mass is 16.5. The highest BCUT2D eigenvalue weighted by molar-refractivity contribution is 5.90. The zero-order valence-corrected chi connectivity index (χ0v) is 7.30. The van der Waals surface area contributed by atoms with Gasteiger partial charge in [-0.2, -0.15) is 0 Å². The Morgan fingerprint density at radius 2 is 2.00 bits per heavy atom. The predicted octanol–water partition coefficient (Wildman–Crippen LogP) is 0.913. The van der Waals surface area contributed by atoms with Crippen molar-refractivity contribution >= 4 is 5.97 Å². The van der Waals surface area contributed by atoms with E-state index in [2.05, 4.69) is 4.90 Å². The van der Waals surface area contributed by atoms with Crippen molar-refractivity contribution in [1.82, 2.24) is 4.90 Å². The summed E-state index contributed by atoms with van der Waals surface area (Å²) < 4.78 is 4.94. The normalized spacial score (nSPS) is 23.8. The maximum atomic E-state index is 11.0. The summed E-state index contributed by atoms with van der Waals surface area (Å²) in [5.41, 5.74) is 1.91. The van der Waals surface area contributed by atoms with E-state index in [1.54, 1.807) is 0 Å². The molecule has 3 heteroatoms. The van der Waals surface area contributed by atoms with E-state index in [0.717, 1.165) is 24.4 Å². The van der Waals surface area contributed by atoms with Crippen molar-refractivity contribution in [1.29, 1.82) is 0 Å². The van der Waals surface area contributed by atoms with Crippen LogP contribution in [0.25, 0.3) is 0 Å². The largest absolute Gasteiger partial charge is 0.456 e. The van der Waals surface area contributed by atoms with Crippen LogP contribution in [0.15, 0.2) is 11.3 Å². The first kappa shape index (κ1) is 7.65. The van der Waals surface area contributed by atoms with Gasteiger partial charge in [0, 0.05) is 13.1 Å². The number of carbonyl (C=O) groups is 1. The van der Waals surface area contributed by atoms with Crippen molar-refractivity contribution in [2.24, 2.45) is 0 Å². The molecule has 12 heavy (non-hydrogen) atoms. The van der Waals surface area contributed by atoms with Gasteiger partial charge in [-0.15, -0.1) is 0 Å². The van der Waals surface area contributed by atoms with Crippen LogP contribution in [0.4, 0.5) is 0 Å². The Hall–Kier alpha value is -0.990. The molecule has 1 fully saturated rings. The van der Waals surface area contributed by atoms with Crippen molar-refractivity contribution in [3.63, 3.8) is 0 Å². The number of nitrogens with zero attached hydrogens (tertiary/aromatic N) is 1. The summed E-state index contributed by atoms with van der Waals surface area (Å²) in [6.07, 6.45) is 2.48. The molecule has 2 rings (SSSR count). The average molecular weight is 167 g/mol. The lowest BCUT2D eigenvalue weighted by Gasteiger charge is -2.17. The van der Waals surface area contributed by atoms with Gasteiger partial charge < -0.3 is 9.64 Å². The van der Waals surface area contributed by atoms with Crippen molar-refractivity contribution in [2.75, 3.05) is 19.7 Å². The topological polar surface area (TPSA) is 29.5 Å². The zero-order valence-electron chi connectivity index (χ0n) is 7.30. The number of hydrogen-bond donors (Lipinski definition) is 0. The lowest BCUT2D eigenvalue weighted by molar-refractivity contribution is -0.136. The molecule has 66 valence electrons. The van der Waals surface area contributed by atoms with Crippen LogP contribution in [0.3, 0.4) is 0 Å². The van der Waals surface area contributed by atoms with E-state index >= 15 is 0 Å². The zero-order chi connectivity index (χ0) is 8.55. The third-order valence-corrected chi connectivity index (χ3v) is 2.57. The highest BCUT2D eigenvalue weighted by Crippen LogP contribution is 2.22. The van der Waals surface area contributed by atoms with Crippen molar-refractivity contribution in [3.8, 4) is 0 Å². The molecule has 2 heterocycles. The number of ether oxygens (including phenoxy) is 1. The lowest BCUT2D eigenvalue weighted by atomic mass is 10.2. The molecule has 0 aromatic heterocycles. The van der Waals surface area contributed by atoms with E-state index < -0.39 is 0 Å². The van der Waals surface area contributed by atoms with E-state index in [9.17, 15) is 4.79 Å². The molecule has 0 atom stereocenters. The first-order chi connectivity index (χ1) is 5.79. The maximum Gasteiger partial charge on any atom is 0.335 e. The molecule has 0 unspecified atom stereocenters. The minimum absolute atomic E-state index is 0.142. The predicted molar refractivity (Wildman–Crippen MR) is 44.5 cm³/mol. The summed E-state index contributed by atoms with van der Waals surface area (Å²) in [6, 6.07) is 0. The maximum absolute atomic E-state index is 11.0. The van der Waals surface area contributed by atoms with Crippen LogP contribution < -0.4 is 0 Å². The molecule has 0 radical (unpaired) electrons. The second kappa shape index (κ2) is 2.81. The Morgan fingerprint density at radius 1 is 1.33 bits per heavy atom. The number of hydrogen-bond acceptors (Lipinski definition) is 3. The Balaban J connectivity index is 2.16. The molecule has 0 aromatic rings. The Labute approximate surface area is 72.0 Å². The highest BCUT2D eigenvalue weighted by Gasteiger charge is 2.26. The first-order valence-electron chi connectivity index (χ1n) is 4.41. The number of cyclic esters (lactones) is 1. The van der Waals surface area contributed by atoms with Crippen LogP contribution >= 0.6 is 0 Å². The summed E-state index contributed by atoms with van der Waals surface area (Å²) in [6.45, 7) is 4.51. The Kier molecular flexibility index (Phi) is 1.79. The fourth-order valence-electron chi connectivity index (χ4n) is 1.78. The third kappa shape index (κ3) is 1.09. The molecule has 1 saturated heterocycles. The van der Waals surface area contributed by atoms with Crippen LogP contribution in [0.2, 0.25) is 0 Å². The third-order valence-electron chi connectivity index (χ3n) is 2.57. The molecule has 0 saturated carbocycles. The first-order valence-corrected chi connectivity index (χ1v) is 4.41. The molecule has 2 aliphatic heterocycles. The van der Waals surface area contributed by atoms with Gasteiger partial charge in [0.05, 0.1) is 11.3 Å². The Morgan fingerprint density at radius 3 is 2.50 bits per heavy atom. The van der Waals surface area contributed by atoms with Crippen LogP contribution in [0, 0.1) is 0 Å². The van der Waals surface area contributed by atoms with Crippen LogP contribution in [0.1, 0.15) is 19.8 Å². The van der Waals surface area contributed by atoms with Gasteiger partial charge in [-0.3, -0.25) is 0 Å². The molecular weight excluding hydrogens is 154 g/mol. The molecule has 0 aromatic carbocycles. The van der Waals surface area contributed by atoms with E-state index in [1.165, 1.54) is 12.8 Å². The van der Waals surface area contributed by atoms with Crippen molar-refractivity contribution in [2.45, 2.75) is 19.8 Å². The fourth-order valence-corrected chi connectivity index (χ4v) is 1.78. The quantitative estimate of drug-likeness (QED) is 0.544. The molecule has 0 N–H and O–H groups in total. The second-order valence-corrected chi connectivity index (χ2v) is 3.34. The van der Waals surface area contributed by atoms with Gasteiger partial charge in [0.15, 0.2) is 0 Å². The fraction of sp³-hybridized carbons (Fsp3) is 0.667. The Bertz CT molecular complexity index is 239. The van der Waals surface area contributed by atoms with Gasteiger partial charge in [0.1, 0.15) is 6.61 Å². The molecule has 3 nitrogen and oxygen atoms in total. The molecule has 0 amide bonds. The monoisotopic (exact) mass is 167 g/mol. The summed E-state index contributed by atoms with van der Waals surface area (Å²) in [5, 5.41) is 0. The standard InChI is InChI=1S/C9H13NO2/c1-7-8(6-12-9(7)11)10-4-2-3-5-10/h2-6H2,1H3. The van der Waals surface area contributed by atoms with E-state index in [1.807, 2.05) is 6.92 Å². The van der Waals surface area contributed by atoms with E-state index in [4.69, 9.17) is 4.74 Å². The minimum Gasteiger partial charge on any atom is -0.456 e. The van der Waals surface area contributed by atoms with E-state index in [0.29, 0.717) is 6.61 Å². The van der Waals surface area contributed by atoms with Gasteiger partial charge in [0.25, 0.3) is 0 Å². The number of carbonyl (C=O) groups excluding carboxylic acids is 1. The summed E-state index contributed by atoms with van der Waals surface area (Å²) in [5.74, 6) is -0.142. The number of rotatable bonds is 1. The van der Waals surface area contributed by atoms with Gasteiger partial charge in [-0.25, -0.2) is 4.79 Å². The number of likely N-dealkylation sites (tertiary alicyclic amines) is 1. The SMILES string of the molecule is CC1=C(N2CCCC2)COC1=O. The second-order valence-electron chi connectivity index (χ2n) is 3.34. The summed E-state index contributed by atoms with van der Waals surface area (Å²) in [7, 11) is 0. The summed E-state index contributed by atoms with van der Waals surface area (Å²) >= 11 is 0. The molecule has 0 aliphatic carbocycles. The van der Waals surface area contributed by atoms with Crippen molar-refractivity contribution < 1.29 is 9.53 Å². The molecule has 0 bridgehead atoms. The molecular formula is C9H13NO2. The van der Waals surface area contributed by atoms with Crippen molar-refractivity contribution in [3.05, 3.63) is 11.3 Å². The molecule has 0 spiro atoms. The lowest BCUT2D eigenvalue weighted by Crippen LogP contribution is -2.20. The smallest absolute Gasteiger partial charge is 0.335 e. The van der Waals surface area contributed by atoms with Gasteiger partial charge in [0.2, 0.25) is 0 Å². The van der Waals surface area contributed by atoms with E-state index in [-0.39, 0.29) is 5.97 Å². The average Bonchev–Trinajstić information content (AvgIpc) is 2.64. The van der Waals surface area contributed by atoms with Crippen LogP contribution in [0.5, 0.6) is 0 Å². The minimum atomic E-state index is -0.142. The van der Waals surface area contributed by atoms with Gasteiger partial charge in [-0.1, -0.05) is 0 Å². The van der Waals surface area contributed by atoms with Crippen LogP contribution in [-0.4, -0.2) is 30.6 Å². The van der Waals surface area contributed by atoms with Crippen LogP contribution in [-0.2, 0) is 9.53 Å². The van der Waals surface area contributed by atoms with Gasteiger partial charge in [-0.05, 0) is 19.8 Å². The van der Waals surface area contributed by atoms with Gasteiger partial charge >= 0.3 is 5.97 Å².